The molecule has 1 fully saturated rings. The lowest BCUT2D eigenvalue weighted by Crippen LogP contribution is -2.31. The second-order valence-corrected chi connectivity index (χ2v) is 8.12. The monoisotopic (exact) mass is 404 g/mol. The van der Waals surface area contributed by atoms with E-state index in [0.29, 0.717) is 31.2 Å². The highest BCUT2D eigenvalue weighted by molar-refractivity contribution is 7.92. The summed E-state index contributed by atoms with van der Waals surface area (Å²) in [6.07, 6.45) is 1.93. The van der Waals surface area contributed by atoms with Crippen LogP contribution in [0.15, 0.2) is 53.4 Å². The first-order valence-electron chi connectivity index (χ1n) is 9.23. The van der Waals surface area contributed by atoms with Crippen molar-refractivity contribution in [3.63, 3.8) is 0 Å². The molecule has 1 aliphatic rings. The van der Waals surface area contributed by atoms with Crippen molar-refractivity contribution in [2.45, 2.75) is 30.8 Å². The fraction of sp³-hybridized carbons (Fsp3) is 0.350. The Labute approximate surface area is 165 Å². The molecule has 2 aromatic rings. The largest absolute Gasteiger partial charge is 0.494 e. The number of anilines is 1. The van der Waals surface area contributed by atoms with Crippen molar-refractivity contribution in [2.24, 2.45) is 0 Å². The van der Waals surface area contributed by atoms with E-state index in [-0.39, 0.29) is 22.5 Å². The van der Waals surface area contributed by atoms with Crippen LogP contribution in [0.25, 0.3) is 0 Å². The zero-order valence-corrected chi connectivity index (χ0v) is 16.5. The molecule has 3 rings (SSSR count). The maximum Gasteiger partial charge on any atom is 0.261 e. The molecule has 1 heterocycles. The molecule has 0 aliphatic carbocycles. The van der Waals surface area contributed by atoms with Crippen LogP contribution in [0, 0.1) is 0 Å². The van der Waals surface area contributed by atoms with Crippen LogP contribution in [0.5, 0.6) is 5.75 Å². The van der Waals surface area contributed by atoms with Crippen molar-refractivity contribution >= 4 is 21.6 Å². The van der Waals surface area contributed by atoms with Gasteiger partial charge in [0.1, 0.15) is 5.75 Å². The van der Waals surface area contributed by atoms with Gasteiger partial charge in [0, 0.05) is 24.4 Å². The molecular weight excluding hydrogens is 380 g/mol. The van der Waals surface area contributed by atoms with E-state index in [9.17, 15) is 13.2 Å². The smallest absolute Gasteiger partial charge is 0.261 e. The molecule has 0 radical (unpaired) electrons. The Morgan fingerprint density at radius 1 is 1.21 bits per heavy atom. The van der Waals surface area contributed by atoms with Gasteiger partial charge in [-0.25, -0.2) is 8.42 Å². The molecule has 1 aliphatic heterocycles. The first kappa shape index (κ1) is 20.2. The molecule has 28 heavy (non-hydrogen) atoms. The lowest BCUT2D eigenvalue weighted by Gasteiger charge is -2.12. The molecule has 150 valence electrons. The molecule has 8 heteroatoms. The van der Waals surface area contributed by atoms with E-state index >= 15 is 0 Å². The van der Waals surface area contributed by atoms with Gasteiger partial charge in [0.05, 0.1) is 17.6 Å². The summed E-state index contributed by atoms with van der Waals surface area (Å²) in [5, 5.41) is 2.79. The van der Waals surface area contributed by atoms with Gasteiger partial charge in [0.25, 0.3) is 15.9 Å². The van der Waals surface area contributed by atoms with Crippen LogP contribution < -0.4 is 14.8 Å². The zero-order valence-electron chi connectivity index (χ0n) is 15.7. The first-order valence-corrected chi connectivity index (χ1v) is 10.7. The van der Waals surface area contributed by atoms with Gasteiger partial charge in [0.2, 0.25) is 0 Å². The van der Waals surface area contributed by atoms with Crippen LogP contribution >= 0.6 is 0 Å². The van der Waals surface area contributed by atoms with E-state index in [1.54, 1.807) is 36.4 Å². The third-order valence-corrected chi connectivity index (χ3v) is 5.72. The van der Waals surface area contributed by atoms with Gasteiger partial charge in [-0.05, 0) is 62.2 Å². The Hall–Kier alpha value is -2.58. The lowest BCUT2D eigenvalue weighted by molar-refractivity contribution is 0.0857. The number of benzene rings is 2. The van der Waals surface area contributed by atoms with Crippen LogP contribution in [-0.2, 0) is 14.8 Å². The number of hydrogen-bond acceptors (Lipinski definition) is 5. The van der Waals surface area contributed by atoms with E-state index in [2.05, 4.69) is 10.0 Å². The van der Waals surface area contributed by atoms with Gasteiger partial charge in [0.15, 0.2) is 0 Å². The van der Waals surface area contributed by atoms with Gasteiger partial charge in [-0.1, -0.05) is 6.07 Å². The van der Waals surface area contributed by atoms with E-state index in [1.807, 2.05) is 6.92 Å². The Morgan fingerprint density at radius 2 is 2.00 bits per heavy atom. The fourth-order valence-corrected chi connectivity index (χ4v) is 4.02. The van der Waals surface area contributed by atoms with Crippen LogP contribution in [0.2, 0.25) is 0 Å². The molecular formula is C20H24N2O5S. The third kappa shape index (κ3) is 5.24. The van der Waals surface area contributed by atoms with Gasteiger partial charge >= 0.3 is 0 Å². The van der Waals surface area contributed by atoms with E-state index in [4.69, 9.17) is 9.47 Å². The van der Waals surface area contributed by atoms with E-state index < -0.39 is 10.0 Å². The summed E-state index contributed by atoms with van der Waals surface area (Å²) in [5.74, 6) is 0.337. The van der Waals surface area contributed by atoms with Crippen molar-refractivity contribution in [3.8, 4) is 5.75 Å². The van der Waals surface area contributed by atoms with Crippen LogP contribution in [-0.4, -0.2) is 40.2 Å². The summed E-state index contributed by atoms with van der Waals surface area (Å²) in [6.45, 7) is 3.54. The van der Waals surface area contributed by atoms with Crippen LogP contribution in [0.3, 0.4) is 0 Å². The first-order chi connectivity index (χ1) is 13.5. The van der Waals surface area contributed by atoms with Crippen molar-refractivity contribution < 1.29 is 22.7 Å². The van der Waals surface area contributed by atoms with Gasteiger partial charge in [-0.15, -0.1) is 0 Å². The molecule has 0 unspecified atom stereocenters. The molecule has 2 aromatic carbocycles. The predicted octanol–water partition coefficient (Wildman–Crippen LogP) is 2.79. The number of ether oxygens (including phenoxy) is 2. The molecule has 7 nitrogen and oxygen atoms in total. The minimum absolute atomic E-state index is 0.0196. The fourth-order valence-electron chi connectivity index (χ4n) is 2.92. The molecule has 0 saturated carbocycles. The van der Waals surface area contributed by atoms with Gasteiger partial charge in [-0.3, -0.25) is 9.52 Å². The van der Waals surface area contributed by atoms with Crippen molar-refractivity contribution in [1.82, 2.24) is 5.32 Å². The zero-order chi connectivity index (χ0) is 20.0. The lowest BCUT2D eigenvalue weighted by atomic mass is 10.2. The minimum Gasteiger partial charge on any atom is -0.494 e. The second kappa shape index (κ2) is 9.07. The number of rotatable bonds is 8. The highest BCUT2D eigenvalue weighted by atomic mass is 32.2. The standard InChI is InChI=1S/C20H24N2O5S/c1-2-26-17-10-8-16(9-11-17)22-28(24,25)19-7-3-5-15(13-19)20(23)21-14-18-6-4-12-27-18/h3,5,7-11,13,18,22H,2,4,6,12,14H2,1H3,(H,21,23)/t18-/m1/s1. The summed E-state index contributed by atoms with van der Waals surface area (Å²) < 4.78 is 38.7. The summed E-state index contributed by atoms with van der Waals surface area (Å²) >= 11 is 0. The maximum atomic E-state index is 12.7. The highest BCUT2D eigenvalue weighted by Gasteiger charge is 2.19. The summed E-state index contributed by atoms with van der Waals surface area (Å²) in [6, 6.07) is 12.6. The number of sulfonamides is 1. The number of carbonyl (C=O) groups is 1. The normalized spacial score (nSPS) is 16.5. The van der Waals surface area contributed by atoms with Crippen LogP contribution in [0.1, 0.15) is 30.1 Å². The highest BCUT2D eigenvalue weighted by Crippen LogP contribution is 2.20. The Balaban J connectivity index is 1.67. The SMILES string of the molecule is CCOc1ccc(NS(=O)(=O)c2cccc(C(=O)NC[C@H]3CCCO3)c2)cc1. The average molecular weight is 404 g/mol. The molecule has 0 aromatic heterocycles. The molecule has 2 N–H and O–H groups in total. The third-order valence-electron chi connectivity index (χ3n) is 4.34. The number of nitrogens with one attached hydrogen (secondary N) is 2. The van der Waals surface area contributed by atoms with Gasteiger partial charge < -0.3 is 14.8 Å². The average Bonchev–Trinajstić information content (AvgIpc) is 3.21. The van der Waals surface area contributed by atoms with Gasteiger partial charge in [-0.2, -0.15) is 0 Å². The number of amides is 1. The van der Waals surface area contributed by atoms with Crippen molar-refractivity contribution in [3.05, 3.63) is 54.1 Å². The number of hydrogen-bond donors (Lipinski definition) is 2. The van der Waals surface area contributed by atoms with Crippen LogP contribution in [0.4, 0.5) is 5.69 Å². The number of carbonyl (C=O) groups excluding carboxylic acids is 1. The minimum atomic E-state index is -3.82. The molecule has 1 saturated heterocycles. The summed E-state index contributed by atoms with van der Waals surface area (Å²) in [5.41, 5.74) is 0.698. The maximum absolute atomic E-state index is 12.7. The molecule has 0 bridgehead atoms. The van der Waals surface area contributed by atoms with E-state index in [0.717, 1.165) is 12.8 Å². The topological polar surface area (TPSA) is 93.7 Å². The Bertz CT molecular complexity index is 906. The summed E-state index contributed by atoms with van der Waals surface area (Å²) in [4.78, 5) is 12.4. The predicted molar refractivity (Wildman–Crippen MR) is 106 cm³/mol. The Morgan fingerprint density at radius 3 is 2.68 bits per heavy atom. The molecule has 1 atom stereocenters. The second-order valence-electron chi connectivity index (χ2n) is 6.44. The molecule has 1 amide bonds. The van der Waals surface area contributed by atoms with Crippen molar-refractivity contribution in [2.75, 3.05) is 24.5 Å². The van der Waals surface area contributed by atoms with Crippen molar-refractivity contribution in [1.29, 1.82) is 0 Å². The molecule has 0 spiro atoms. The van der Waals surface area contributed by atoms with E-state index in [1.165, 1.54) is 12.1 Å². The quantitative estimate of drug-likeness (QED) is 0.706. The Kier molecular flexibility index (Phi) is 6.53. The summed E-state index contributed by atoms with van der Waals surface area (Å²) in [7, 11) is -3.82.